The van der Waals surface area contributed by atoms with Crippen molar-refractivity contribution in [3.8, 4) is 0 Å². The summed E-state index contributed by atoms with van der Waals surface area (Å²) < 4.78 is 27.4. The van der Waals surface area contributed by atoms with Gasteiger partial charge in [0.1, 0.15) is 0 Å². The summed E-state index contributed by atoms with van der Waals surface area (Å²) in [6.07, 6.45) is 5.29. The second-order valence-electron chi connectivity index (χ2n) is 8.16. The molecule has 0 spiro atoms. The van der Waals surface area contributed by atoms with Gasteiger partial charge >= 0.3 is 0 Å². The summed E-state index contributed by atoms with van der Waals surface area (Å²) in [5, 5.41) is 6.87. The van der Waals surface area contributed by atoms with Crippen LogP contribution in [-0.2, 0) is 10.0 Å². The molecule has 3 aliphatic rings. The maximum absolute atomic E-state index is 12.7. The summed E-state index contributed by atoms with van der Waals surface area (Å²) in [5.41, 5.74) is 3.22. The van der Waals surface area contributed by atoms with Crippen LogP contribution < -0.4 is 15.5 Å². The number of hydrogen-bond acceptors (Lipinski definition) is 6. The molecule has 2 heterocycles. The predicted octanol–water partition coefficient (Wildman–Crippen LogP) is 4.15. The van der Waals surface area contributed by atoms with Crippen LogP contribution in [0.1, 0.15) is 36.0 Å². The van der Waals surface area contributed by atoms with Crippen LogP contribution >= 0.6 is 11.8 Å². The Kier molecular flexibility index (Phi) is 5.39. The molecule has 1 amide bonds. The van der Waals surface area contributed by atoms with Crippen LogP contribution in [0.25, 0.3) is 0 Å². The first-order valence-electron chi connectivity index (χ1n) is 10.5. The number of nitrogens with one attached hydrogen (secondary N) is 2. The van der Waals surface area contributed by atoms with E-state index >= 15 is 0 Å². The quantitative estimate of drug-likeness (QED) is 0.702. The lowest BCUT2D eigenvalue weighted by Gasteiger charge is -2.22. The average Bonchev–Trinajstić information content (AvgIpc) is 3.39. The van der Waals surface area contributed by atoms with E-state index in [-0.39, 0.29) is 11.7 Å². The Hall–Kier alpha value is -2.52. The number of rotatable bonds is 5. The molecular formula is C22H24N4O3S2. The van der Waals surface area contributed by atoms with Crippen molar-refractivity contribution in [1.82, 2.24) is 0 Å². The van der Waals surface area contributed by atoms with E-state index in [2.05, 4.69) is 15.0 Å². The molecule has 5 rings (SSSR count). The Bertz CT molecular complexity index is 1140. The number of carbonyl (C=O) groups excluding carboxylic acids is 1. The van der Waals surface area contributed by atoms with Gasteiger partial charge in [0.2, 0.25) is 0 Å². The van der Waals surface area contributed by atoms with Crippen LogP contribution in [0.3, 0.4) is 0 Å². The Morgan fingerprint density at radius 3 is 2.61 bits per heavy atom. The topological polar surface area (TPSA) is 90.9 Å². The SMILES string of the molecule is O=C(Nc1ccc(NCC2CCCC2)cc1)c1ccc2c(c1)SC1=NS(=O)(=O)CCN12. The van der Waals surface area contributed by atoms with Gasteiger partial charge < -0.3 is 15.5 Å². The molecule has 1 fully saturated rings. The molecule has 0 saturated heterocycles. The Morgan fingerprint density at radius 1 is 1.10 bits per heavy atom. The third kappa shape index (κ3) is 4.43. The monoisotopic (exact) mass is 456 g/mol. The molecule has 0 bridgehead atoms. The summed E-state index contributed by atoms with van der Waals surface area (Å²) in [5.74, 6) is 0.572. The first kappa shape index (κ1) is 20.4. The molecule has 7 nitrogen and oxygen atoms in total. The number of amidine groups is 1. The lowest BCUT2D eigenvalue weighted by Crippen LogP contribution is -2.35. The molecule has 2 aromatic carbocycles. The smallest absolute Gasteiger partial charge is 0.257 e. The van der Waals surface area contributed by atoms with E-state index in [1.54, 1.807) is 12.1 Å². The highest BCUT2D eigenvalue weighted by Gasteiger charge is 2.33. The maximum Gasteiger partial charge on any atom is 0.257 e. The first-order valence-corrected chi connectivity index (χ1v) is 13.0. The molecule has 0 radical (unpaired) electrons. The van der Waals surface area contributed by atoms with E-state index in [4.69, 9.17) is 0 Å². The third-order valence-electron chi connectivity index (χ3n) is 5.95. The second kappa shape index (κ2) is 8.20. The van der Waals surface area contributed by atoms with Crippen LogP contribution in [0, 0.1) is 5.92 Å². The lowest BCUT2D eigenvalue weighted by molar-refractivity contribution is 0.102. The van der Waals surface area contributed by atoms with Gasteiger partial charge in [-0.05, 0) is 73.0 Å². The van der Waals surface area contributed by atoms with Crippen LogP contribution in [0.2, 0.25) is 0 Å². The van der Waals surface area contributed by atoms with Gasteiger partial charge in [0.25, 0.3) is 15.9 Å². The van der Waals surface area contributed by atoms with Crippen LogP contribution in [0.4, 0.5) is 17.1 Å². The Balaban J connectivity index is 1.23. The minimum Gasteiger partial charge on any atom is -0.385 e. The van der Waals surface area contributed by atoms with Crippen molar-refractivity contribution in [3.05, 3.63) is 48.0 Å². The minimum absolute atomic E-state index is 0.00421. The Labute approximate surface area is 186 Å². The number of amides is 1. The fourth-order valence-corrected chi connectivity index (χ4v) is 6.52. The lowest BCUT2D eigenvalue weighted by atomic mass is 10.1. The maximum atomic E-state index is 12.7. The first-order chi connectivity index (χ1) is 15.0. The molecule has 9 heteroatoms. The number of nitrogens with zero attached hydrogens (tertiary/aromatic N) is 2. The van der Waals surface area contributed by atoms with Gasteiger partial charge in [-0.2, -0.15) is 0 Å². The predicted molar refractivity (Wildman–Crippen MR) is 126 cm³/mol. The van der Waals surface area contributed by atoms with Crippen LogP contribution in [0.5, 0.6) is 0 Å². The van der Waals surface area contributed by atoms with Crippen LogP contribution in [-0.4, -0.2) is 38.3 Å². The molecule has 0 unspecified atom stereocenters. The standard InChI is InChI=1S/C22H24N4O3S2/c27-21(24-18-8-6-17(7-9-18)23-14-15-3-1-2-4-15)16-5-10-19-20(13-16)30-22-25-31(28,29)12-11-26(19)22/h5-10,13,15,23H,1-4,11-12,14H2,(H,24,27). The minimum atomic E-state index is -3.39. The number of sulfonamides is 1. The number of carbonyl (C=O) groups is 1. The molecule has 2 aromatic rings. The van der Waals surface area contributed by atoms with E-state index in [0.29, 0.717) is 17.3 Å². The van der Waals surface area contributed by atoms with Gasteiger partial charge in [0.05, 0.1) is 11.4 Å². The molecule has 0 atom stereocenters. The van der Waals surface area contributed by atoms with Gasteiger partial charge in [-0.1, -0.05) is 12.8 Å². The number of anilines is 3. The van der Waals surface area contributed by atoms with Gasteiger partial charge in [-0.15, -0.1) is 4.40 Å². The van der Waals surface area contributed by atoms with E-state index in [1.807, 2.05) is 35.2 Å². The fraction of sp³-hybridized carbons (Fsp3) is 0.364. The molecule has 0 aromatic heterocycles. The van der Waals surface area contributed by atoms with Crippen molar-refractivity contribution in [2.24, 2.45) is 10.3 Å². The zero-order chi connectivity index (χ0) is 21.4. The van der Waals surface area contributed by atoms with Gasteiger partial charge in [0.15, 0.2) is 5.17 Å². The molecule has 2 N–H and O–H groups in total. The summed E-state index contributed by atoms with van der Waals surface area (Å²) in [4.78, 5) is 15.5. The van der Waals surface area contributed by atoms with Crippen molar-refractivity contribution in [2.75, 3.05) is 34.4 Å². The van der Waals surface area contributed by atoms with Crippen molar-refractivity contribution in [1.29, 1.82) is 0 Å². The second-order valence-corrected chi connectivity index (χ2v) is 10.9. The highest BCUT2D eigenvalue weighted by atomic mass is 32.2. The number of thioether (sulfide) groups is 1. The van der Waals surface area contributed by atoms with E-state index in [9.17, 15) is 13.2 Å². The number of benzene rings is 2. The molecule has 1 aliphatic carbocycles. The molecule has 162 valence electrons. The largest absolute Gasteiger partial charge is 0.385 e. The molecule has 1 saturated carbocycles. The normalized spacial score (nSPS) is 19.5. The zero-order valence-electron chi connectivity index (χ0n) is 17.0. The third-order valence-corrected chi connectivity index (χ3v) is 8.25. The van der Waals surface area contributed by atoms with E-state index in [1.165, 1.54) is 37.4 Å². The van der Waals surface area contributed by atoms with Gasteiger partial charge in [0, 0.05) is 34.9 Å². The van der Waals surface area contributed by atoms with Crippen LogP contribution in [0.15, 0.2) is 51.8 Å². The van der Waals surface area contributed by atoms with Crippen molar-refractivity contribution in [3.63, 3.8) is 0 Å². The summed E-state index contributed by atoms with van der Waals surface area (Å²) in [6.45, 7) is 1.38. The highest BCUT2D eigenvalue weighted by Crippen LogP contribution is 2.42. The van der Waals surface area contributed by atoms with Gasteiger partial charge in [-0.3, -0.25) is 4.79 Å². The Morgan fingerprint density at radius 2 is 1.84 bits per heavy atom. The summed E-state index contributed by atoms with van der Waals surface area (Å²) >= 11 is 1.29. The number of hydrogen-bond donors (Lipinski definition) is 2. The average molecular weight is 457 g/mol. The summed E-state index contributed by atoms with van der Waals surface area (Å²) in [7, 11) is -3.39. The molecule has 2 aliphatic heterocycles. The van der Waals surface area contributed by atoms with Crippen molar-refractivity contribution < 1.29 is 13.2 Å². The highest BCUT2D eigenvalue weighted by molar-refractivity contribution is 8.15. The van der Waals surface area contributed by atoms with E-state index < -0.39 is 10.0 Å². The van der Waals surface area contributed by atoms with Crippen molar-refractivity contribution in [2.45, 2.75) is 30.6 Å². The van der Waals surface area contributed by atoms with E-state index in [0.717, 1.165) is 34.4 Å². The molecule has 31 heavy (non-hydrogen) atoms. The van der Waals surface area contributed by atoms with Crippen molar-refractivity contribution >= 4 is 49.9 Å². The number of fused-ring (bicyclic) bond motifs is 3. The summed E-state index contributed by atoms with van der Waals surface area (Å²) in [6, 6.07) is 13.2. The zero-order valence-corrected chi connectivity index (χ0v) is 18.6. The van der Waals surface area contributed by atoms with Gasteiger partial charge in [-0.25, -0.2) is 8.42 Å². The fourth-order valence-electron chi connectivity index (χ4n) is 4.22. The molecular weight excluding hydrogens is 432 g/mol.